The van der Waals surface area contributed by atoms with Crippen LogP contribution in [0.4, 0.5) is 5.69 Å². The summed E-state index contributed by atoms with van der Waals surface area (Å²) in [4.78, 5) is 16.7. The van der Waals surface area contributed by atoms with Crippen molar-refractivity contribution in [3.8, 4) is 0 Å². The minimum absolute atomic E-state index is 0.000504. The summed E-state index contributed by atoms with van der Waals surface area (Å²) in [7, 11) is 0. The molecule has 0 amide bonds. The van der Waals surface area contributed by atoms with E-state index in [0.717, 1.165) is 29.9 Å². The lowest BCUT2D eigenvalue weighted by Gasteiger charge is -2.25. The SMILES string of the molecule is O=C(Cc1ccccn1)C1CCNc2ccccc21. The number of anilines is 1. The van der Waals surface area contributed by atoms with Crippen molar-refractivity contribution in [1.29, 1.82) is 0 Å². The van der Waals surface area contributed by atoms with E-state index in [4.69, 9.17) is 0 Å². The Labute approximate surface area is 112 Å². The van der Waals surface area contributed by atoms with Crippen LogP contribution in [0.3, 0.4) is 0 Å². The summed E-state index contributed by atoms with van der Waals surface area (Å²) in [6.45, 7) is 0.857. The zero-order chi connectivity index (χ0) is 13.1. The Balaban J connectivity index is 1.82. The van der Waals surface area contributed by atoms with E-state index < -0.39 is 0 Å². The first-order valence-electron chi connectivity index (χ1n) is 6.60. The van der Waals surface area contributed by atoms with E-state index in [1.54, 1.807) is 6.20 Å². The number of ketones is 1. The van der Waals surface area contributed by atoms with Crippen molar-refractivity contribution in [2.45, 2.75) is 18.8 Å². The fourth-order valence-corrected chi connectivity index (χ4v) is 2.61. The summed E-state index contributed by atoms with van der Waals surface area (Å²) in [5.74, 6) is 0.257. The van der Waals surface area contributed by atoms with Crippen molar-refractivity contribution in [2.75, 3.05) is 11.9 Å². The third-order valence-electron chi connectivity index (χ3n) is 3.55. The summed E-state index contributed by atoms with van der Waals surface area (Å²) in [5.41, 5.74) is 3.06. The molecular formula is C16H16N2O. The topological polar surface area (TPSA) is 42.0 Å². The molecule has 0 spiro atoms. The Morgan fingerprint density at radius 1 is 1.21 bits per heavy atom. The second-order valence-corrected chi connectivity index (χ2v) is 4.82. The van der Waals surface area contributed by atoms with E-state index >= 15 is 0 Å². The maximum atomic E-state index is 12.5. The molecule has 0 saturated heterocycles. The zero-order valence-electron chi connectivity index (χ0n) is 10.7. The van der Waals surface area contributed by atoms with Gasteiger partial charge in [0.25, 0.3) is 0 Å². The van der Waals surface area contributed by atoms with Gasteiger partial charge in [0, 0.05) is 36.5 Å². The van der Waals surface area contributed by atoms with Gasteiger partial charge in [0.15, 0.2) is 0 Å². The normalized spacial score (nSPS) is 17.4. The first kappa shape index (κ1) is 11.9. The van der Waals surface area contributed by atoms with E-state index in [2.05, 4.69) is 10.3 Å². The van der Waals surface area contributed by atoms with E-state index in [-0.39, 0.29) is 11.7 Å². The molecule has 3 rings (SSSR count). The fraction of sp³-hybridized carbons (Fsp3) is 0.250. The van der Waals surface area contributed by atoms with Crippen LogP contribution in [-0.4, -0.2) is 17.3 Å². The van der Waals surface area contributed by atoms with Crippen LogP contribution >= 0.6 is 0 Å². The molecule has 2 heterocycles. The van der Waals surface area contributed by atoms with Gasteiger partial charge in [-0.25, -0.2) is 0 Å². The first-order valence-corrected chi connectivity index (χ1v) is 6.60. The predicted octanol–water partition coefficient (Wildman–Crippen LogP) is 2.79. The van der Waals surface area contributed by atoms with Gasteiger partial charge >= 0.3 is 0 Å². The monoisotopic (exact) mass is 252 g/mol. The lowest BCUT2D eigenvalue weighted by molar-refractivity contribution is -0.120. The summed E-state index contributed by atoms with van der Waals surface area (Å²) in [6, 6.07) is 13.8. The highest BCUT2D eigenvalue weighted by molar-refractivity contribution is 5.89. The number of pyridine rings is 1. The molecule has 0 radical (unpaired) electrons. The third kappa shape index (κ3) is 2.50. The Bertz CT molecular complexity index is 580. The summed E-state index contributed by atoms with van der Waals surface area (Å²) in [6.07, 6.45) is 3.02. The quantitative estimate of drug-likeness (QED) is 0.913. The molecule has 96 valence electrons. The number of benzene rings is 1. The zero-order valence-corrected chi connectivity index (χ0v) is 10.7. The summed E-state index contributed by atoms with van der Waals surface area (Å²) >= 11 is 0. The minimum atomic E-state index is -0.000504. The molecule has 3 heteroatoms. The number of hydrogen-bond donors (Lipinski definition) is 1. The number of Topliss-reactive ketones (excluding diaryl/α,β-unsaturated/α-hetero) is 1. The molecule has 1 atom stereocenters. The van der Waals surface area contributed by atoms with E-state index in [1.807, 2.05) is 42.5 Å². The maximum Gasteiger partial charge on any atom is 0.146 e. The van der Waals surface area contributed by atoms with Gasteiger partial charge in [-0.1, -0.05) is 24.3 Å². The number of rotatable bonds is 3. The van der Waals surface area contributed by atoms with Crippen molar-refractivity contribution < 1.29 is 4.79 Å². The number of nitrogens with one attached hydrogen (secondary N) is 1. The molecule has 1 aromatic carbocycles. The average Bonchev–Trinajstić information content (AvgIpc) is 2.47. The number of carbonyl (C=O) groups is 1. The number of fused-ring (bicyclic) bond motifs is 1. The summed E-state index contributed by atoms with van der Waals surface area (Å²) in [5, 5.41) is 3.34. The van der Waals surface area contributed by atoms with Gasteiger partial charge in [0.05, 0.1) is 0 Å². The third-order valence-corrected chi connectivity index (χ3v) is 3.55. The number of carbonyl (C=O) groups excluding carboxylic acids is 1. The fourth-order valence-electron chi connectivity index (χ4n) is 2.61. The van der Waals surface area contributed by atoms with E-state index in [0.29, 0.717) is 6.42 Å². The highest BCUT2D eigenvalue weighted by Gasteiger charge is 2.25. The van der Waals surface area contributed by atoms with Crippen LogP contribution in [0.5, 0.6) is 0 Å². The molecule has 2 aromatic rings. The van der Waals surface area contributed by atoms with Crippen LogP contribution in [0.1, 0.15) is 23.6 Å². The number of nitrogens with zero attached hydrogens (tertiary/aromatic N) is 1. The Kier molecular flexibility index (Phi) is 3.27. The largest absolute Gasteiger partial charge is 0.385 e. The molecule has 0 aliphatic carbocycles. The van der Waals surface area contributed by atoms with Gasteiger partial charge in [-0.3, -0.25) is 9.78 Å². The lowest BCUT2D eigenvalue weighted by atomic mass is 9.86. The van der Waals surface area contributed by atoms with Crippen molar-refractivity contribution in [3.63, 3.8) is 0 Å². The Morgan fingerprint density at radius 3 is 2.89 bits per heavy atom. The molecular weight excluding hydrogens is 236 g/mol. The first-order chi connectivity index (χ1) is 9.34. The van der Waals surface area contributed by atoms with Gasteiger partial charge in [0.1, 0.15) is 5.78 Å². The number of para-hydroxylation sites is 1. The van der Waals surface area contributed by atoms with Crippen molar-refractivity contribution in [2.24, 2.45) is 0 Å². The van der Waals surface area contributed by atoms with Gasteiger partial charge in [-0.2, -0.15) is 0 Å². The van der Waals surface area contributed by atoms with Crippen LogP contribution < -0.4 is 5.32 Å². The molecule has 1 N–H and O–H groups in total. The molecule has 1 aliphatic rings. The average molecular weight is 252 g/mol. The molecule has 0 fully saturated rings. The predicted molar refractivity (Wildman–Crippen MR) is 75.2 cm³/mol. The number of hydrogen-bond acceptors (Lipinski definition) is 3. The number of aromatic nitrogens is 1. The Morgan fingerprint density at radius 2 is 2.05 bits per heavy atom. The molecule has 0 bridgehead atoms. The molecule has 0 saturated carbocycles. The molecule has 1 aromatic heterocycles. The van der Waals surface area contributed by atoms with Gasteiger partial charge < -0.3 is 5.32 Å². The van der Waals surface area contributed by atoms with Crippen LogP contribution in [0, 0.1) is 0 Å². The van der Waals surface area contributed by atoms with Crippen LogP contribution in [0.2, 0.25) is 0 Å². The minimum Gasteiger partial charge on any atom is -0.385 e. The van der Waals surface area contributed by atoms with Crippen molar-refractivity contribution in [1.82, 2.24) is 4.98 Å². The highest BCUT2D eigenvalue weighted by Crippen LogP contribution is 2.32. The van der Waals surface area contributed by atoms with Crippen LogP contribution in [0.25, 0.3) is 0 Å². The second-order valence-electron chi connectivity index (χ2n) is 4.82. The van der Waals surface area contributed by atoms with Crippen LogP contribution in [-0.2, 0) is 11.2 Å². The molecule has 1 unspecified atom stereocenters. The second kappa shape index (κ2) is 5.22. The van der Waals surface area contributed by atoms with Gasteiger partial charge in [0.2, 0.25) is 0 Å². The smallest absolute Gasteiger partial charge is 0.146 e. The van der Waals surface area contributed by atoms with Crippen molar-refractivity contribution >= 4 is 11.5 Å². The molecule has 3 nitrogen and oxygen atoms in total. The van der Waals surface area contributed by atoms with Crippen molar-refractivity contribution in [3.05, 3.63) is 59.9 Å². The lowest BCUT2D eigenvalue weighted by Crippen LogP contribution is -2.24. The molecule has 1 aliphatic heterocycles. The van der Waals surface area contributed by atoms with Gasteiger partial charge in [-0.15, -0.1) is 0 Å². The Hall–Kier alpha value is -2.16. The maximum absolute atomic E-state index is 12.5. The summed E-state index contributed by atoms with van der Waals surface area (Å²) < 4.78 is 0. The highest BCUT2D eigenvalue weighted by atomic mass is 16.1. The van der Waals surface area contributed by atoms with E-state index in [9.17, 15) is 4.79 Å². The van der Waals surface area contributed by atoms with E-state index in [1.165, 1.54) is 0 Å². The van der Waals surface area contributed by atoms with Crippen LogP contribution in [0.15, 0.2) is 48.7 Å². The standard InChI is InChI=1S/C16H16N2O/c19-16(11-12-5-3-4-9-17-12)14-8-10-18-15-7-2-1-6-13(14)15/h1-7,9,14,18H,8,10-11H2. The van der Waals surface area contributed by atoms with Gasteiger partial charge in [-0.05, 0) is 30.2 Å². The molecule has 19 heavy (non-hydrogen) atoms.